The molecule has 0 aliphatic carbocycles. The molecule has 0 unspecified atom stereocenters. The summed E-state index contributed by atoms with van der Waals surface area (Å²) in [6.07, 6.45) is 0.440. The predicted molar refractivity (Wildman–Crippen MR) is 89.1 cm³/mol. The molecule has 1 heterocycles. The number of aliphatic imine (C=N–C) groups is 1. The van der Waals surface area contributed by atoms with Gasteiger partial charge in [-0.15, -0.1) is 11.8 Å². The number of fused-ring (bicyclic) bond motifs is 1. The highest BCUT2D eigenvalue weighted by atomic mass is 32.2. The molecule has 1 aliphatic rings. The molecule has 0 fully saturated rings. The minimum atomic E-state index is 0.187. The molecule has 0 atom stereocenters. The van der Waals surface area contributed by atoms with Gasteiger partial charge in [-0.2, -0.15) is 0 Å². The molecular weight excluding hydrogens is 278 g/mol. The monoisotopic (exact) mass is 295 g/mol. The Morgan fingerprint density at radius 1 is 1.10 bits per heavy atom. The van der Waals surface area contributed by atoms with Crippen LogP contribution < -0.4 is 0 Å². The van der Waals surface area contributed by atoms with Crippen molar-refractivity contribution < 1.29 is 4.79 Å². The number of rotatable bonds is 3. The molecule has 0 saturated carbocycles. The molecule has 0 saturated heterocycles. The molecular formula is C18H17NOS. The fourth-order valence-electron chi connectivity index (χ4n) is 2.41. The number of carbonyl (C=O) groups is 1. The van der Waals surface area contributed by atoms with E-state index in [2.05, 4.69) is 19.1 Å². The van der Waals surface area contributed by atoms with Crippen LogP contribution in [0.15, 0.2) is 52.4 Å². The quantitative estimate of drug-likeness (QED) is 0.764. The lowest BCUT2D eigenvalue weighted by Gasteiger charge is -2.17. The van der Waals surface area contributed by atoms with E-state index in [9.17, 15) is 4.79 Å². The average molecular weight is 295 g/mol. The molecule has 0 radical (unpaired) electrons. The van der Waals surface area contributed by atoms with Crippen LogP contribution in [0.5, 0.6) is 0 Å². The molecule has 1 aliphatic heterocycles. The predicted octanol–water partition coefficient (Wildman–Crippen LogP) is 4.75. The van der Waals surface area contributed by atoms with E-state index in [-0.39, 0.29) is 5.78 Å². The van der Waals surface area contributed by atoms with E-state index in [1.54, 1.807) is 11.8 Å². The van der Waals surface area contributed by atoms with Crippen LogP contribution in [0.4, 0.5) is 5.69 Å². The van der Waals surface area contributed by atoms with Crippen molar-refractivity contribution in [1.29, 1.82) is 0 Å². The minimum Gasteiger partial charge on any atom is -0.294 e. The largest absolute Gasteiger partial charge is 0.294 e. The van der Waals surface area contributed by atoms with Crippen molar-refractivity contribution in [2.45, 2.75) is 25.2 Å². The Kier molecular flexibility index (Phi) is 3.93. The fourth-order valence-corrected chi connectivity index (χ4v) is 3.26. The summed E-state index contributed by atoms with van der Waals surface area (Å²) in [6, 6.07) is 14.1. The number of thioether (sulfide) groups is 1. The van der Waals surface area contributed by atoms with E-state index in [1.807, 2.05) is 37.3 Å². The Balaban J connectivity index is 1.86. The third kappa shape index (κ3) is 2.93. The van der Waals surface area contributed by atoms with Gasteiger partial charge in [-0.25, -0.2) is 0 Å². The minimum absolute atomic E-state index is 0.187. The van der Waals surface area contributed by atoms with Crippen molar-refractivity contribution in [3.05, 3.63) is 59.2 Å². The number of ketones is 1. The highest BCUT2D eigenvalue weighted by molar-refractivity contribution is 8.00. The van der Waals surface area contributed by atoms with Gasteiger partial charge in [0.15, 0.2) is 5.78 Å². The van der Waals surface area contributed by atoms with Gasteiger partial charge in [-0.3, -0.25) is 9.79 Å². The number of hydrogen-bond acceptors (Lipinski definition) is 3. The van der Waals surface area contributed by atoms with Crippen molar-refractivity contribution in [2.75, 3.05) is 5.75 Å². The maximum Gasteiger partial charge on any atom is 0.170 e. The lowest BCUT2D eigenvalue weighted by atomic mass is 9.95. The Bertz CT molecular complexity index is 719. The zero-order valence-corrected chi connectivity index (χ0v) is 13.0. The molecule has 2 aromatic carbocycles. The average Bonchev–Trinajstić information content (AvgIpc) is 2.50. The van der Waals surface area contributed by atoms with Crippen molar-refractivity contribution >= 4 is 28.9 Å². The first-order valence-corrected chi connectivity index (χ1v) is 8.01. The van der Waals surface area contributed by atoms with Gasteiger partial charge in [-0.05, 0) is 43.2 Å². The number of Topliss-reactive ketones (excluding diaryl/α,β-unsaturated/α-hetero) is 1. The second kappa shape index (κ2) is 5.86. The van der Waals surface area contributed by atoms with E-state index in [1.165, 1.54) is 10.5 Å². The highest BCUT2D eigenvalue weighted by Gasteiger charge is 2.21. The van der Waals surface area contributed by atoms with Gasteiger partial charge in [0.2, 0.25) is 0 Å². The Hall–Kier alpha value is -1.87. The lowest BCUT2D eigenvalue weighted by molar-refractivity contribution is 0.0999. The summed E-state index contributed by atoms with van der Waals surface area (Å²) in [5.74, 6) is 0.953. The molecule has 0 N–H and O–H groups in total. The third-order valence-corrected chi connectivity index (χ3v) is 4.87. The van der Waals surface area contributed by atoms with E-state index in [4.69, 9.17) is 4.99 Å². The van der Waals surface area contributed by atoms with Gasteiger partial charge >= 0.3 is 0 Å². The van der Waals surface area contributed by atoms with Crippen LogP contribution in [0.3, 0.4) is 0 Å². The Labute approximate surface area is 129 Å². The summed E-state index contributed by atoms with van der Waals surface area (Å²) in [7, 11) is 0. The molecule has 3 rings (SSSR count). The molecule has 106 valence electrons. The Morgan fingerprint density at radius 3 is 2.62 bits per heavy atom. The van der Waals surface area contributed by atoms with E-state index < -0.39 is 0 Å². The topological polar surface area (TPSA) is 29.4 Å². The van der Waals surface area contributed by atoms with Crippen molar-refractivity contribution in [3.8, 4) is 0 Å². The lowest BCUT2D eigenvalue weighted by Crippen LogP contribution is -2.16. The molecule has 3 heteroatoms. The summed E-state index contributed by atoms with van der Waals surface area (Å²) in [4.78, 5) is 18.2. The van der Waals surface area contributed by atoms with Gasteiger partial charge in [0.05, 0.1) is 12.1 Å². The summed E-state index contributed by atoms with van der Waals surface area (Å²) in [5.41, 5.74) is 4.90. The van der Waals surface area contributed by atoms with E-state index >= 15 is 0 Å². The van der Waals surface area contributed by atoms with Crippen molar-refractivity contribution in [3.63, 3.8) is 0 Å². The summed E-state index contributed by atoms with van der Waals surface area (Å²) in [5, 5.41) is 0. The standard InChI is InChI=1S/C18H17NOS/c1-12-8-9-16-17(20)10-14(19-18(16)13(12)2)11-21-15-6-4-3-5-7-15/h3-9H,10-11H2,1-2H3. The smallest absolute Gasteiger partial charge is 0.170 e. The molecule has 0 bridgehead atoms. The van der Waals surface area contributed by atoms with Crippen LogP contribution in [-0.2, 0) is 0 Å². The van der Waals surface area contributed by atoms with Crippen LogP contribution in [0.25, 0.3) is 0 Å². The number of carbonyl (C=O) groups excluding carboxylic acids is 1. The number of hydrogen-bond donors (Lipinski definition) is 0. The normalized spacial score (nSPS) is 13.8. The van der Waals surface area contributed by atoms with Crippen LogP contribution in [-0.4, -0.2) is 17.2 Å². The van der Waals surface area contributed by atoms with Crippen molar-refractivity contribution in [1.82, 2.24) is 0 Å². The Morgan fingerprint density at radius 2 is 1.86 bits per heavy atom. The highest BCUT2D eigenvalue weighted by Crippen LogP contribution is 2.32. The first-order chi connectivity index (χ1) is 10.1. The first-order valence-electron chi connectivity index (χ1n) is 7.03. The number of aryl methyl sites for hydroxylation is 1. The second-order valence-electron chi connectivity index (χ2n) is 5.28. The zero-order chi connectivity index (χ0) is 14.8. The molecule has 0 spiro atoms. The maximum absolute atomic E-state index is 12.3. The van der Waals surface area contributed by atoms with Gasteiger partial charge in [0.25, 0.3) is 0 Å². The number of benzene rings is 2. The number of nitrogens with zero attached hydrogens (tertiary/aromatic N) is 1. The summed E-state index contributed by atoms with van der Waals surface area (Å²) < 4.78 is 0. The molecule has 2 nitrogen and oxygen atoms in total. The molecule has 21 heavy (non-hydrogen) atoms. The SMILES string of the molecule is Cc1ccc2c(c1C)N=C(CSc1ccccc1)CC2=O. The van der Waals surface area contributed by atoms with Gasteiger partial charge in [0.1, 0.15) is 0 Å². The van der Waals surface area contributed by atoms with Crippen LogP contribution >= 0.6 is 11.8 Å². The fraction of sp³-hybridized carbons (Fsp3) is 0.222. The third-order valence-electron chi connectivity index (χ3n) is 3.79. The van der Waals surface area contributed by atoms with E-state index in [0.29, 0.717) is 6.42 Å². The second-order valence-corrected chi connectivity index (χ2v) is 6.33. The van der Waals surface area contributed by atoms with Gasteiger partial charge in [0, 0.05) is 21.9 Å². The maximum atomic E-state index is 12.3. The van der Waals surface area contributed by atoms with Gasteiger partial charge in [-0.1, -0.05) is 24.3 Å². The van der Waals surface area contributed by atoms with Gasteiger partial charge < -0.3 is 0 Å². The van der Waals surface area contributed by atoms with Crippen LogP contribution in [0.1, 0.15) is 27.9 Å². The van der Waals surface area contributed by atoms with E-state index in [0.717, 1.165) is 28.3 Å². The summed E-state index contributed by atoms with van der Waals surface area (Å²) >= 11 is 1.73. The molecule has 2 aromatic rings. The summed E-state index contributed by atoms with van der Waals surface area (Å²) in [6.45, 7) is 4.10. The van der Waals surface area contributed by atoms with Crippen LogP contribution in [0.2, 0.25) is 0 Å². The molecule has 0 aromatic heterocycles. The first kappa shape index (κ1) is 14.1. The molecule has 0 amide bonds. The zero-order valence-electron chi connectivity index (χ0n) is 12.2. The van der Waals surface area contributed by atoms with Crippen molar-refractivity contribution in [2.24, 2.45) is 4.99 Å². The van der Waals surface area contributed by atoms with Crippen LogP contribution in [0, 0.1) is 13.8 Å².